The van der Waals surface area contributed by atoms with Gasteiger partial charge in [-0.05, 0) is 18.2 Å². The molecule has 0 aliphatic rings. The van der Waals surface area contributed by atoms with Gasteiger partial charge >= 0.3 is 0 Å². The fraction of sp³-hybridized carbons (Fsp3) is 0. The number of non-ortho nitro benzene ring substituents is 1. The molecular formula is C13H8N2O4. The Morgan fingerprint density at radius 3 is 2.74 bits per heavy atom. The summed E-state index contributed by atoms with van der Waals surface area (Å²) < 4.78 is 5.48. The van der Waals surface area contributed by atoms with E-state index in [4.69, 9.17) is 4.42 Å². The molecule has 0 atom stereocenters. The van der Waals surface area contributed by atoms with Gasteiger partial charge in [-0.2, -0.15) is 0 Å². The third kappa shape index (κ3) is 1.89. The molecule has 0 amide bonds. The molecule has 94 valence electrons. The number of oxazole rings is 1. The van der Waals surface area contributed by atoms with Gasteiger partial charge in [0.1, 0.15) is 11.3 Å². The van der Waals surface area contributed by atoms with Crippen LogP contribution in [0.1, 0.15) is 0 Å². The van der Waals surface area contributed by atoms with E-state index in [1.54, 1.807) is 18.2 Å². The van der Waals surface area contributed by atoms with Crippen molar-refractivity contribution in [1.82, 2.24) is 4.98 Å². The number of hydrogen-bond donors (Lipinski definition) is 1. The molecule has 0 saturated heterocycles. The van der Waals surface area contributed by atoms with Crippen LogP contribution in [0.2, 0.25) is 0 Å². The zero-order valence-electron chi connectivity index (χ0n) is 9.61. The van der Waals surface area contributed by atoms with Gasteiger partial charge in [0.25, 0.3) is 5.69 Å². The summed E-state index contributed by atoms with van der Waals surface area (Å²) in [5.74, 6) is 0.0413. The van der Waals surface area contributed by atoms with Crippen LogP contribution in [0.4, 0.5) is 5.69 Å². The van der Waals surface area contributed by atoms with Gasteiger partial charge in [-0.25, -0.2) is 4.98 Å². The van der Waals surface area contributed by atoms with E-state index in [2.05, 4.69) is 4.98 Å². The van der Waals surface area contributed by atoms with Gasteiger partial charge in [-0.15, -0.1) is 0 Å². The lowest BCUT2D eigenvalue weighted by atomic mass is 10.2. The fourth-order valence-electron chi connectivity index (χ4n) is 1.80. The summed E-state index contributed by atoms with van der Waals surface area (Å²) in [5, 5.41) is 20.5. The lowest BCUT2D eigenvalue weighted by molar-refractivity contribution is -0.384. The van der Waals surface area contributed by atoms with Gasteiger partial charge in [0, 0.05) is 12.1 Å². The summed E-state index contributed by atoms with van der Waals surface area (Å²) in [7, 11) is 0. The second-order valence-corrected chi connectivity index (χ2v) is 3.95. The second kappa shape index (κ2) is 4.09. The number of rotatable bonds is 2. The van der Waals surface area contributed by atoms with Crippen LogP contribution in [0.15, 0.2) is 46.9 Å². The average molecular weight is 256 g/mol. The number of nitro groups is 1. The molecule has 19 heavy (non-hydrogen) atoms. The lowest BCUT2D eigenvalue weighted by Crippen LogP contribution is -1.88. The normalized spacial score (nSPS) is 10.7. The zero-order valence-corrected chi connectivity index (χ0v) is 9.61. The third-order valence-electron chi connectivity index (χ3n) is 2.72. The van der Waals surface area contributed by atoms with Crippen molar-refractivity contribution >= 4 is 16.8 Å². The van der Waals surface area contributed by atoms with Crippen LogP contribution in [0, 0.1) is 10.1 Å². The van der Waals surface area contributed by atoms with E-state index >= 15 is 0 Å². The highest BCUT2D eigenvalue weighted by atomic mass is 16.6. The molecule has 0 radical (unpaired) electrons. The number of nitrogens with zero attached hydrogens (tertiary/aromatic N) is 2. The molecule has 0 aliphatic heterocycles. The van der Waals surface area contributed by atoms with Gasteiger partial charge in [0.2, 0.25) is 5.89 Å². The van der Waals surface area contributed by atoms with Crippen molar-refractivity contribution in [2.24, 2.45) is 0 Å². The Balaban J connectivity index is 2.20. The molecule has 6 heteroatoms. The number of aromatic hydroxyl groups is 1. The van der Waals surface area contributed by atoms with Gasteiger partial charge in [0.05, 0.1) is 10.5 Å². The van der Waals surface area contributed by atoms with E-state index in [1.165, 1.54) is 18.2 Å². The minimum absolute atomic E-state index is 0.114. The van der Waals surface area contributed by atoms with Crippen molar-refractivity contribution < 1.29 is 14.4 Å². The molecule has 1 heterocycles. The fourth-order valence-corrected chi connectivity index (χ4v) is 1.80. The molecule has 1 aromatic heterocycles. The van der Waals surface area contributed by atoms with E-state index in [0.29, 0.717) is 11.1 Å². The van der Waals surface area contributed by atoms with Crippen LogP contribution in [0.3, 0.4) is 0 Å². The molecule has 3 rings (SSSR count). The third-order valence-corrected chi connectivity index (χ3v) is 2.72. The maximum Gasteiger partial charge on any atom is 0.270 e. The predicted molar refractivity (Wildman–Crippen MR) is 67.8 cm³/mol. The second-order valence-electron chi connectivity index (χ2n) is 3.95. The SMILES string of the molecule is O=[N+]([O-])c1ccc(O)c(-c2nc3ccccc3o2)c1. The van der Waals surface area contributed by atoms with Gasteiger partial charge in [-0.1, -0.05) is 12.1 Å². The Hall–Kier alpha value is -2.89. The molecule has 0 unspecified atom stereocenters. The summed E-state index contributed by atoms with van der Waals surface area (Å²) in [4.78, 5) is 14.4. The molecule has 6 nitrogen and oxygen atoms in total. The first-order valence-electron chi connectivity index (χ1n) is 5.48. The van der Waals surface area contributed by atoms with Crippen LogP contribution in [-0.2, 0) is 0 Å². The summed E-state index contributed by atoms with van der Waals surface area (Å²) in [6.45, 7) is 0. The summed E-state index contributed by atoms with van der Waals surface area (Å²) in [5.41, 5.74) is 1.26. The lowest BCUT2D eigenvalue weighted by Gasteiger charge is -1.99. The number of fused-ring (bicyclic) bond motifs is 1. The zero-order chi connectivity index (χ0) is 13.4. The first-order chi connectivity index (χ1) is 9.15. The van der Waals surface area contributed by atoms with Crippen molar-refractivity contribution in [3.8, 4) is 17.2 Å². The van der Waals surface area contributed by atoms with Gasteiger partial charge in [0.15, 0.2) is 5.58 Å². The first-order valence-corrected chi connectivity index (χ1v) is 5.48. The van der Waals surface area contributed by atoms with Crippen LogP contribution in [0.25, 0.3) is 22.6 Å². The summed E-state index contributed by atoms with van der Waals surface area (Å²) in [6, 6.07) is 10.8. The molecule has 0 spiro atoms. The number of benzene rings is 2. The molecule has 1 N–H and O–H groups in total. The molecule has 0 fully saturated rings. The maximum atomic E-state index is 10.7. The van der Waals surface area contributed by atoms with E-state index in [-0.39, 0.29) is 22.9 Å². The van der Waals surface area contributed by atoms with Gasteiger partial charge in [-0.3, -0.25) is 10.1 Å². The Bertz CT molecular complexity index is 746. The Labute approximate surface area is 107 Å². The highest BCUT2D eigenvalue weighted by Crippen LogP contribution is 2.33. The van der Waals surface area contributed by atoms with Crippen molar-refractivity contribution in [3.63, 3.8) is 0 Å². The number of para-hydroxylation sites is 2. The van der Waals surface area contributed by atoms with E-state index in [9.17, 15) is 15.2 Å². The average Bonchev–Trinajstić information content (AvgIpc) is 2.82. The Morgan fingerprint density at radius 2 is 2.00 bits per heavy atom. The number of nitro benzene ring substituents is 1. The summed E-state index contributed by atoms with van der Waals surface area (Å²) in [6.07, 6.45) is 0. The maximum absolute atomic E-state index is 10.7. The number of hydrogen-bond acceptors (Lipinski definition) is 5. The smallest absolute Gasteiger partial charge is 0.270 e. The number of aromatic nitrogens is 1. The molecular weight excluding hydrogens is 248 g/mol. The highest BCUT2D eigenvalue weighted by Gasteiger charge is 2.16. The predicted octanol–water partition coefficient (Wildman–Crippen LogP) is 3.11. The highest BCUT2D eigenvalue weighted by molar-refractivity contribution is 5.77. The van der Waals surface area contributed by atoms with Crippen molar-refractivity contribution in [2.45, 2.75) is 0 Å². The standard InChI is InChI=1S/C13H8N2O4/c16-11-6-5-8(15(17)18)7-9(11)13-14-10-3-1-2-4-12(10)19-13/h1-7,16H. The molecule has 2 aromatic carbocycles. The molecule has 0 saturated carbocycles. The molecule has 3 aromatic rings. The number of phenolic OH excluding ortho intramolecular Hbond substituents is 1. The monoisotopic (exact) mass is 256 g/mol. The van der Waals surface area contributed by atoms with Crippen LogP contribution in [0.5, 0.6) is 5.75 Å². The first kappa shape index (κ1) is 11.2. The minimum Gasteiger partial charge on any atom is -0.507 e. The van der Waals surface area contributed by atoms with Crippen molar-refractivity contribution in [2.75, 3.05) is 0 Å². The molecule has 0 aliphatic carbocycles. The quantitative estimate of drug-likeness (QED) is 0.562. The summed E-state index contributed by atoms with van der Waals surface area (Å²) >= 11 is 0. The Kier molecular flexibility index (Phi) is 2.42. The van der Waals surface area contributed by atoms with Crippen molar-refractivity contribution in [3.05, 3.63) is 52.6 Å². The largest absolute Gasteiger partial charge is 0.507 e. The molecule has 0 bridgehead atoms. The van der Waals surface area contributed by atoms with E-state index in [1.807, 2.05) is 6.07 Å². The van der Waals surface area contributed by atoms with E-state index < -0.39 is 4.92 Å². The number of phenols is 1. The van der Waals surface area contributed by atoms with Crippen LogP contribution >= 0.6 is 0 Å². The van der Waals surface area contributed by atoms with E-state index in [0.717, 1.165) is 0 Å². The van der Waals surface area contributed by atoms with Crippen LogP contribution < -0.4 is 0 Å². The van der Waals surface area contributed by atoms with Gasteiger partial charge < -0.3 is 9.52 Å². The van der Waals surface area contributed by atoms with Crippen molar-refractivity contribution in [1.29, 1.82) is 0 Å². The topological polar surface area (TPSA) is 89.4 Å². The van der Waals surface area contributed by atoms with Crippen LogP contribution in [-0.4, -0.2) is 15.0 Å². The minimum atomic E-state index is -0.536. The Morgan fingerprint density at radius 1 is 1.21 bits per heavy atom.